The van der Waals surface area contributed by atoms with Crippen LogP contribution in [0.15, 0.2) is 33.8 Å². The number of aryl methyl sites for hydroxylation is 2. The Hall–Kier alpha value is -2.54. The summed E-state index contributed by atoms with van der Waals surface area (Å²) in [5.74, 6) is 2.77. The third-order valence-corrected chi connectivity index (χ3v) is 4.70. The molecule has 7 heteroatoms. The van der Waals surface area contributed by atoms with Gasteiger partial charge in [-0.05, 0) is 44.9 Å². The number of aliphatic imine (C=N–C) groups is 1. The van der Waals surface area contributed by atoms with Crippen molar-refractivity contribution in [2.45, 2.75) is 46.6 Å². The third kappa shape index (κ3) is 7.42. The predicted molar refractivity (Wildman–Crippen MR) is 116 cm³/mol. The van der Waals surface area contributed by atoms with Crippen LogP contribution in [0.4, 0.5) is 0 Å². The second-order valence-corrected chi connectivity index (χ2v) is 7.01. The number of hydrogen-bond donors (Lipinski definition) is 2. The molecule has 2 aromatic rings. The van der Waals surface area contributed by atoms with Crippen LogP contribution in [0.3, 0.4) is 0 Å². The number of hydrogen-bond acceptors (Lipinski definition) is 5. The molecule has 0 amide bonds. The molecule has 160 valence electrons. The lowest BCUT2D eigenvalue weighted by molar-refractivity contribution is 0.145. The van der Waals surface area contributed by atoms with E-state index in [-0.39, 0.29) is 5.92 Å². The number of guanidine groups is 1. The minimum absolute atomic E-state index is 0.262. The van der Waals surface area contributed by atoms with Crippen molar-refractivity contribution in [3.05, 3.63) is 46.8 Å². The Morgan fingerprint density at radius 2 is 1.97 bits per heavy atom. The van der Waals surface area contributed by atoms with Crippen molar-refractivity contribution in [3.63, 3.8) is 0 Å². The SMILES string of the molecule is CCOCCCNC(=NCc1ccc(OC)cc1)NCC(C)c1c(C)noc1C. The van der Waals surface area contributed by atoms with Gasteiger partial charge in [0.2, 0.25) is 0 Å². The summed E-state index contributed by atoms with van der Waals surface area (Å²) < 4.78 is 15.9. The monoisotopic (exact) mass is 402 g/mol. The lowest BCUT2D eigenvalue weighted by Gasteiger charge is -2.17. The summed E-state index contributed by atoms with van der Waals surface area (Å²) in [6, 6.07) is 7.96. The first-order valence-electron chi connectivity index (χ1n) is 10.2. The minimum atomic E-state index is 0.262. The highest BCUT2D eigenvalue weighted by Crippen LogP contribution is 2.22. The maximum absolute atomic E-state index is 5.41. The van der Waals surface area contributed by atoms with Gasteiger partial charge in [-0.1, -0.05) is 24.2 Å². The van der Waals surface area contributed by atoms with Gasteiger partial charge < -0.3 is 24.6 Å². The Balaban J connectivity index is 1.97. The molecule has 0 fully saturated rings. The molecule has 29 heavy (non-hydrogen) atoms. The van der Waals surface area contributed by atoms with Gasteiger partial charge in [0, 0.05) is 37.8 Å². The molecule has 2 N–H and O–H groups in total. The highest BCUT2D eigenvalue weighted by atomic mass is 16.5. The van der Waals surface area contributed by atoms with Crippen molar-refractivity contribution >= 4 is 5.96 Å². The Labute approximate surface area is 173 Å². The van der Waals surface area contributed by atoms with Crippen LogP contribution < -0.4 is 15.4 Å². The fourth-order valence-electron chi connectivity index (χ4n) is 3.15. The van der Waals surface area contributed by atoms with Gasteiger partial charge in [-0.3, -0.25) is 0 Å². The molecule has 0 aliphatic rings. The molecular formula is C22H34N4O3. The van der Waals surface area contributed by atoms with Gasteiger partial charge in [0.1, 0.15) is 11.5 Å². The summed E-state index contributed by atoms with van der Waals surface area (Å²) in [4.78, 5) is 4.74. The van der Waals surface area contributed by atoms with E-state index in [0.29, 0.717) is 6.54 Å². The first-order valence-corrected chi connectivity index (χ1v) is 10.2. The Kier molecular flexibility index (Phi) is 9.50. The van der Waals surface area contributed by atoms with Crippen LogP contribution in [-0.4, -0.2) is 44.5 Å². The first-order chi connectivity index (χ1) is 14.0. The Morgan fingerprint density at radius 1 is 1.21 bits per heavy atom. The van der Waals surface area contributed by atoms with Crippen LogP contribution in [0.5, 0.6) is 5.75 Å². The number of ether oxygens (including phenoxy) is 2. The molecule has 1 aromatic heterocycles. The van der Waals surface area contributed by atoms with Crippen molar-refractivity contribution < 1.29 is 14.0 Å². The van der Waals surface area contributed by atoms with Crippen molar-refractivity contribution in [1.29, 1.82) is 0 Å². The quantitative estimate of drug-likeness (QED) is 0.340. The van der Waals surface area contributed by atoms with E-state index in [2.05, 4.69) is 22.7 Å². The van der Waals surface area contributed by atoms with E-state index in [4.69, 9.17) is 19.0 Å². The summed E-state index contributed by atoms with van der Waals surface area (Å²) in [6.07, 6.45) is 0.927. The highest BCUT2D eigenvalue weighted by molar-refractivity contribution is 5.79. The van der Waals surface area contributed by atoms with E-state index in [9.17, 15) is 0 Å². The van der Waals surface area contributed by atoms with Crippen LogP contribution in [0.25, 0.3) is 0 Å². The van der Waals surface area contributed by atoms with Crippen LogP contribution in [0.1, 0.15) is 48.8 Å². The van der Waals surface area contributed by atoms with E-state index in [1.165, 1.54) is 0 Å². The minimum Gasteiger partial charge on any atom is -0.497 e. The van der Waals surface area contributed by atoms with Crippen molar-refractivity contribution in [1.82, 2.24) is 15.8 Å². The molecule has 2 rings (SSSR count). The summed E-state index contributed by atoms with van der Waals surface area (Å²) >= 11 is 0. The fourth-order valence-corrected chi connectivity index (χ4v) is 3.15. The van der Waals surface area contributed by atoms with Gasteiger partial charge in [-0.25, -0.2) is 4.99 Å². The standard InChI is InChI=1S/C22H34N4O3/c1-6-28-13-7-12-23-22(25-15-19-8-10-20(27-5)11-9-19)24-14-16(2)21-17(3)26-29-18(21)4/h8-11,16H,6-7,12-15H2,1-5H3,(H2,23,24,25). The van der Waals surface area contributed by atoms with Gasteiger partial charge in [-0.2, -0.15) is 0 Å². The molecule has 1 aromatic carbocycles. The maximum Gasteiger partial charge on any atom is 0.191 e. The third-order valence-electron chi connectivity index (χ3n) is 4.70. The molecule has 1 heterocycles. The van der Waals surface area contributed by atoms with Crippen molar-refractivity contribution in [2.24, 2.45) is 4.99 Å². The van der Waals surface area contributed by atoms with E-state index >= 15 is 0 Å². The molecule has 0 aliphatic heterocycles. The van der Waals surface area contributed by atoms with Gasteiger partial charge in [0.25, 0.3) is 0 Å². The number of nitrogens with one attached hydrogen (secondary N) is 2. The smallest absolute Gasteiger partial charge is 0.191 e. The number of rotatable bonds is 11. The first kappa shape index (κ1) is 22.7. The van der Waals surface area contributed by atoms with Crippen LogP contribution >= 0.6 is 0 Å². The fraction of sp³-hybridized carbons (Fsp3) is 0.545. The summed E-state index contributed by atoms with van der Waals surface area (Å²) in [5.41, 5.74) is 3.22. The van der Waals surface area contributed by atoms with E-state index in [1.807, 2.05) is 45.0 Å². The number of benzene rings is 1. The summed E-state index contributed by atoms with van der Waals surface area (Å²) in [7, 11) is 1.67. The summed E-state index contributed by atoms with van der Waals surface area (Å²) in [6.45, 7) is 11.7. The van der Waals surface area contributed by atoms with Gasteiger partial charge >= 0.3 is 0 Å². The second kappa shape index (κ2) is 12.1. The molecule has 0 aliphatic carbocycles. The van der Waals surface area contributed by atoms with Crippen molar-refractivity contribution in [3.8, 4) is 5.75 Å². The molecule has 0 spiro atoms. The number of aromatic nitrogens is 1. The molecule has 1 unspecified atom stereocenters. The molecular weight excluding hydrogens is 368 g/mol. The topological polar surface area (TPSA) is 80.9 Å². The van der Waals surface area contributed by atoms with E-state index < -0.39 is 0 Å². The van der Waals surface area contributed by atoms with Gasteiger partial charge in [0.05, 0.1) is 19.3 Å². The molecule has 0 bridgehead atoms. The average Bonchev–Trinajstić information content (AvgIpc) is 3.07. The Bertz CT molecular complexity index is 736. The van der Waals surface area contributed by atoms with Crippen LogP contribution in [-0.2, 0) is 11.3 Å². The molecule has 0 saturated heterocycles. The highest BCUT2D eigenvalue weighted by Gasteiger charge is 2.16. The normalized spacial score (nSPS) is 12.7. The zero-order valence-electron chi connectivity index (χ0n) is 18.2. The molecule has 1 atom stereocenters. The molecule has 0 saturated carbocycles. The molecule has 0 radical (unpaired) electrons. The largest absolute Gasteiger partial charge is 0.497 e. The average molecular weight is 403 g/mol. The van der Waals surface area contributed by atoms with Crippen LogP contribution in [0, 0.1) is 13.8 Å². The van der Waals surface area contributed by atoms with Gasteiger partial charge in [0.15, 0.2) is 5.96 Å². The van der Waals surface area contributed by atoms with Crippen LogP contribution in [0.2, 0.25) is 0 Å². The van der Waals surface area contributed by atoms with Gasteiger partial charge in [-0.15, -0.1) is 0 Å². The van der Waals surface area contributed by atoms with E-state index in [0.717, 1.165) is 67.0 Å². The Morgan fingerprint density at radius 3 is 2.59 bits per heavy atom. The predicted octanol–water partition coefficient (Wildman–Crippen LogP) is 3.57. The second-order valence-electron chi connectivity index (χ2n) is 7.01. The maximum atomic E-state index is 5.41. The summed E-state index contributed by atoms with van der Waals surface area (Å²) in [5, 5.41) is 10.9. The zero-order valence-corrected chi connectivity index (χ0v) is 18.2. The lowest BCUT2D eigenvalue weighted by atomic mass is 10.00. The van der Waals surface area contributed by atoms with Crippen molar-refractivity contribution in [2.75, 3.05) is 33.4 Å². The lowest BCUT2D eigenvalue weighted by Crippen LogP contribution is -2.40. The van der Waals surface area contributed by atoms with E-state index in [1.54, 1.807) is 7.11 Å². The number of methoxy groups -OCH3 is 1. The zero-order chi connectivity index (χ0) is 21.1. The number of nitrogens with zero attached hydrogens (tertiary/aromatic N) is 2. The molecule has 7 nitrogen and oxygen atoms in total.